The fourth-order valence-electron chi connectivity index (χ4n) is 4.39. The number of carbonyl (C=O) groups excluding carboxylic acids is 1. The van der Waals surface area contributed by atoms with Crippen molar-refractivity contribution >= 4 is 5.91 Å². The summed E-state index contributed by atoms with van der Waals surface area (Å²) < 4.78 is 5.46. The number of piperidine rings is 1. The Balaban J connectivity index is 1.65. The minimum atomic E-state index is -0.498. The number of hydrogen-bond acceptors (Lipinski definition) is 4. The maximum absolute atomic E-state index is 13.0. The number of carbonyl (C=O) groups is 1. The molecule has 1 aromatic rings. The molecule has 3 aliphatic rings. The Morgan fingerprint density at radius 1 is 1.22 bits per heavy atom. The zero-order valence-electron chi connectivity index (χ0n) is 13.5. The highest BCUT2D eigenvalue weighted by Gasteiger charge is 2.44. The number of rotatable bonds is 2. The van der Waals surface area contributed by atoms with Crippen LogP contribution in [0.5, 0.6) is 0 Å². The van der Waals surface area contributed by atoms with Crippen LogP contribution in [0.3, 0.4) is 0 Å². The van der Waals surface area contributed by atoms with Crippen LogP contribution in [0, 0.1) is 6.92 Å². The summed E-state index contributed by atoms with van der Waals surface area (Å²) in [5.41, 5.74) is 0.405. The Labute approximate surface area is 135 Å². The fourth-order valence-corrected chi connectivity index (χ4v) is 4.39. The largest absolute Gasteiger partial charge is 0.427 e. The lowest BCUT2D eigenvalue weighted by Gasteiger charge is -2.37. The topological polar surface area (TPSA) is 70.8 Å². The Morgan fingerprint density at radius 2 is 1.87 bits per heavy atom. The van der Waals surface area contributed by atoms with Crippen LogP contribution in [-0.4, -0.2) is 34.1 Å². The van der Waals surface area contributed by atoms with Crippen molar-refractivity contribution in [3.8, 4) is 0 Å². The predicted molar refractivity (Wildman–Crippen MR) is 84.5 cm³/mol. The van der Waals surface area contributed by atoms with E-state index in [9.17, 15) is 14.7 Å². The Bertz CT molecular complexity index is 677. The molecule has 3 atom stereocenters. The van der Waals surface area contributed by atoms with Gasteiger partial charge in [-0.05, 0) is 57.1 Å². The van der Waals surface area contributed by atoms with Crippen LogP contribution >= 0.6 is 0 Å². The van der Waals surface area contributed by atoms with Crippen LogP contribution in [0.1, 0.15) is 72.5 Å². The zero-order valence-corrected chi connectivity index (χ0v) is 13.5. The molecular weight excluding hydrogens is 294 g/mol. The van der Waals surface area contributed by atoms with Gasteiger partial charge < -0.3 is 14.4 Å². The maximum atomic E-state index is 13.0. The van der Waals surface area contributed by atoms with Crippen molar-refractivity contribution < 1.29 is 14.3 Å². The van der Waals surface area contributed by atoms with E-state index in [1.54, 1.807) is 0 Å². The molecule has 3 fully saturated rings. The smallest absolute Gasteiger partial charge is 0.349 e. The van der Waals surface area contributed by atoms with Gasteiger partial charge in [-0.25, -0.2) is 4.79 Å². The van der Waals surface area contributed by atoms with Gasteiger partial charge in [-0.2, -0.15) is 0 Å². The summed E-state index contributed by atoms with van der Waals surface area (Å²) in [7, 11) is 0. The van der Waals surface area contributed by atoms with Gasteiger partial charge in [0.25, 0.3) is 5.91 Å². The van der Waals surface area contributed by atoms with E-state index in [0.29, 0.717) is 18.8 Å². The molecule has 1 unspecified atom stereocenters. The summed E-state index contributed by atoms with van der Waals surface area (Å²) in [5, 5.41) is 9.88. The van der Waals surface area contributed by atoms with E-state index in [1.807, 2.05) is 17.9 Å². The number of amides is 1. The van der Waals surface area contributed by atoms with Crippen LogP contribution < -0.4 is 5.63 Å². The van der Waals surface area contributed by atoms with E-state index >= 15 is 0 Å². The second-order valence-corrected chi connectivity index (χ2v) is 7.34. The molecular formula is C18H23NO4. The predicted octanol–water partition coefficient (Wildman–Crippen LogP) is 2.34. The summed E-state index contributed by atoms with van der Waals surface area (Å²) in [6.45, 7) is 1.83. The molecule has 1 aliphatic carbocycles. The van der Waals surface area contributed by atoms with Crippen LogP contribution in [-0.2, 0) is 0 Å². The van der Waals surface area contributed by atoms with Gasteiger partial charge in [0.05, 0.1) is 6.10 Å². The zero-order chi connectivity index (χ0) is 16.1. The summed E-state index contributed by atoms with van der Waals surface area (Å²) >= 11 is 0. The molecule has 1 N–H and O–H groups in total. The van der Waals surface area contributed by atoms with Crippen molar-refractivity contribution in [2.75, 3.05) is 0 Å². The molecule has 5 heteroatoms. The summed E-state index contributed by atoms with van der Waals surface area (Å²) in [6.07, 6.45) is 6.03. The van der Waals surface area contributed by atoms with E-state index in [4.69, 9.17) is 4.42 Å². The van der Waals surface area contributed by atoms with E-state index in [1.165, 1.54) is 6.42 Å². The van der Waals surface area contributed by atoms with Crippen molar-refractivity contribution in [2.24, 2.45) is 0 Å². The number of aryl methyl sites for hydroxylation is 1. The lowest BCUT2D eigenvalue weighted by atomic mass is 9.83. The average Bonchev–Trinajstić information content (AvgIpc) is 2.68. The molecule has 3 heterocycles. The molecule has 5 nitrogen and oxygen atoms in total. The SMILES string of the molecule is Cc1cc(C2CCC2)oc(=O)c1C(=O)N1[C@@H]2CC[C@H]1CC(O)C2. The highest BCUT2D eigenvalue weighted by atomic mass is 16.4. The normalized spacial score (nSPS) is 30.3. The van der Waals surface area contributed by atoms with Crippen LogP contribution in [0.4, 0.5) is 0 Å². The second-order valence-electron chi connectivity index (χ2n) is 7.34. The minimum absolute atomic E-state index is 0.0568. The molecule has 4 rings (SSSR count). The van der Waals surface area contributed by atoms with E-state index < -0.39 is 5.63 Å². The summed E-state index contributed by atoms with van der Waals surface area (Å²) in [5.74, 6) is 0.856. The molecule has 23 heavy (non-hydrogen) atoms. The molecule has 1 amide bonds. The fraction of sp³-hybridized carbons (Fsp3) is 0.667. The summed E-state index contributed by atoms with van der Waals surface area (Å²) in [6, 6.07) is 1.99. The second kappa shape index (κ2) is 5.48. The van der Waals surface area contributed by atoms with Gasteiger partial charge >= 0.3 is 5.63 Å². The molecule has 2 aliphatic heterocycles. The number of aliphatic hydroxyl groups is 1. The third kappa shape index (κ3) is 2.42. The molecule has 0 aromatic carbocycles. The Morgan fingerprint density at radius 3 is 2.39 bits per heavy atom. The van der Waals surface area contributed by atoms with Crippen molar-refractivity contribution in [3.05, 3.63) is 33.4 Å². The molecule has 1 aromatic heterocycles. The third-order valence-electron chi connectivity index (χ3n) is 5.83. The van der Waals surface area contributed by atoms with Crippen LogP contribution in [0.2, 0.25) is 0 Å². The number of nitrogens with zero attached hydrogens (tertiary/aromatic N) is 1. The molecule has 2 bridgehead atoms. The van der Waals surface area contributed by atoms with Gasteiger partial charge in [0.2, 0.25) is 0 Å². The third-order valence-corrected chi connectivity index (χ3v) is 5.83. The minimum Gasteiger partial charge on any atom is -0.427 e. The van der Waals surface area contributed by atoms with E-state index in [2.05, 4.69) is 0 Å². The first kappa shape index (κ1) is 14.9. The molecule has 1 saturated carbocycles. The molecule has 0 radical (unpaired) electrons. The molecule has 0 spiro atoms. The van der Waals surface area contributed by atoms with E-state index in [-0.39, 0.29) is 29.7 Å². The lowest BCUT2D eigenvalue weighted by Crippen LogP contribution is -2.49. The van der Waals surface area contributed by atoms with Gasteiger partial charge in [-0.15, -0.1) is 0 Å². The molecule has 124 valence electrons. The highest BCUT2D eigenvalue weighted by molar-refractivity contribution is 5.95. The van der Waals surface area contributed by atoms with Gasteiger partial charge in [-0.3, -0.25) is 4.79 Å². The first-order valence-electron chi connectivity index (χ1n) is 8.70. The highest BCUT2D eigenvalue weighted by Crippen LogP contribution is 2.38. The standard InChI is InChI=1S/C18H23NO4/c1-10-7-15(11-3-2-4-11)23-18(22)16(10)17(21)19-12-5-6-13(19)9-14(20)8-12/h7,11-14,20H,2-6,8-9H2,1H3/t12-,13+,14?. The molecule has 2 saturated heterocycles. The van der Waals surface area contributed by atoms with Gasteiger partial charge in [-0.1, -0.05) is 6.42 Å². The Hall–Kier alpha value is -1.62. The first-order valence-corrected chi connectivity index (χ1v) is 8.70. The number of aliphatic hydroxyl groups excluding tert-OH is 1. The van der Waals surface area contributed by atoms with Gasteiger partial charge in [0.15, 0.2) is 0 Å². The van der Waals surface area contributed by atoms with Crippen LogP contribution in [0.15, 0.2) is 15.3 Å². The van der Waals surface area contributed by atoms with Crippen molar-refractivity contribution in [1.29, 1.82) is 0 Å². The lowest BCUT2D eigenvalue weighted by molar-refractivity contribution is 0.0283. The maximum Gasteiger partial charge on any atom is 0.349 e. The number of fused-ring (bicyclic) bond motifs is 2. The van der Waals surface area contributed by atoms with Crippen molar-refractivity contribution in [2.45, 2.75) is 76.0 Å². The summed E-state index contributed by atoms with van der Waals surface area (Å²) in [4.78, 5) is 27.2. The van der Waals surface area contributed by atoms with Gasteiger partial charge in [0, 0.05) is 18.0 Å². The van der Waals surface area contributed by atoms with Crippen molar-refractivity contribution in [1.82, 2.24) is 4.90 Å². The van der Waals surface area contributed by atoms with Crippen molar-refractivity contribution in [3.63, 3.8) is 0 Å². The average molecular weight is 317 g/mol. The quantitative estimate of drug-likeness (QED) is 0.909. The monoisotopic (exact) mass is 317 g/mol. The Kier molecular flexibility index (Phi) is 3.56. The van der Waals surface area contributed by atoms with Crippen LogP contribution in [0.25, 0.3) is 0 Å². The van der Waals surface area contributed by atoms with E-state index in [0.717, 1.165) is 37.0 Å². The van der Waals surface area contributed by atoms with Gasteiger partial charge in [0.1, 0.15) is 11.3 Å². The number of hydrogen-bond donors (Lipinski definition) is 1. The first-order chi connectivity index (χ1) is 11.0.